The average Bonchev–Trinajstić information content (AvgIpc) is 3.62. The zero-order chi connectivity index (χ0) is 37.3. The highest BCUT2D eigenvalue weighted by Gasteiger charge is 2.16. The first-order valence-electron chi connectivity index (χ1n) is 19.2. The Morgan fingerprint density at radius 2 is 0.679 bits per heavy atom. The van der Waals surface area contributed by atoms with E-state index in [0.29, 0.717) is 0 Å². The maximum Gasteiger partial charge on any atom is 0.0541 e. The van der Waals surface area contributed by atoms with Gasteiger partial charge in [0.1, 0.15) is 0 Å². The van der Waals surface area contributed by atoms with Crippen LogP contribution >= 0.6 is 0 Å². The minimum Gasteiger partial charge on any atom is -0.310 e. The van der Waals surface area contributed by atoms with Crippen LogP contribution in [0.5, 0.6) is 0 Å². The molecule has 0 fully saturated rings. The fourth-order valence-corrected chi connectivity index (χ4v) is 8.05. The molecule has 10 aromatic rings. The fraction of sp³-hybridized carbons (Fsp3) is 0. The van der Waals surface area contributed by atoms with Crippen molar-refractivity contribution in [1.82, 2.24) is 4.57 Å². The lowest BCUT2D eigenvalue weighted by molar-refractivity contribution is 1.18. The Kier molecular flexibility index (Phi) is 8.55. The lowest BCUT2D eigenvalue weighted by atomic mass is 9.97. The van der Waals surface area contributed by atoms with E-state index in [9.17, 15) is 0 Å². The summed E-state index contributed by atoms with van der Waals surface area (Å²) in [6, 6.07) is 83.0. The molecule has 0 unspecified atom stereocenters. The van der Waals surface area contributed by atoms with Gasteiger partial charge in [-0.05, 0) is 117 Å². The maximum atomic E-state index is 2.43. The number of fused-ring (bicyclic) bond motifs is 3. The first-order chi connectivity index (χ1) is 27.8. The van der Waals surface area contributed by atoms with Gasteiger partial charge in [0.25, 0.3) is 0 Å². The lowest BCUT2D eigenvalue weighted by Gasteiger charge is -2.25. The number of hydrogen-bond acceptors (Lipinski definition) is 1. The zero-order valence-electron chi connectivity index (χ0n) is 30.8. The Bertz CT molecular complexity index is 2830. The Labute approximate surface area is 327 Å². The largest absolute Gasteiger partial charge is 0.310 e. The van der Waals surface area contributed by atoms with Crippen molar-refractivity contribution in [1.29, 1.82) is 0 Å². The van der Waals surface area contributed by atoms with Crippen LogP contribution in [-0.4, -0.2) is 4.57 Å². The summed E-state index contributed by atoms with van der Waals surface area (Å²) < 4.78 is 2.43. The first-order valence-corrected chi connectivity index (χ1v) is 19.2. The van der Waals surface area contributed by atoms with E-state index in [1.54, 1.807) is 0 Å². The van der Waals surface area contributed by atoms with Gasteiger partial charge in [-0.3, -0.25) is 0 Å². The number of para-hydroxylation sites is 3. The molecule has 0 atom stereocenters. The van der Waals surface area contributed by atoms with Gasteiger partial charge in [0.15, 0.2) is 0 Å². The number of anilines is 3. The van der Waals surface area contributed by atoms with Gasteiger partial charge in [-0.15, -0.1) is 0 Å². The molecule has 0 N–H and O–H groups in total. The summed E-state index contributed by atoms with van der Waals surface area (Å²) in [4.78, 5) is 2.31. The molecule has 0 bridgehead atoms. The van der Waals surface area contributed by atoms with Crippen molar-refractivity contribution >= 4 is 38.9 Å². The topological polar surface area (TPSA) is 8.17 Å². The SMILES string of the molecule is c1ccc(-c2cc(-c3ccccc3)cc(-n3c4ccccc4c4cc(-c5ccc(-c6cccc(N(c7ccccc7)c7ccccc7)c6)cc5)ccc43)c2)cc1. The van der Waals surface area contributed by atoms with Gasteiger partial charge in [-0.2, -0.15) is 0 Å². The second-order valence-corrected chi connectivity index (χ2v) is 14.2. The molecule has 0 aliphatic heterocycles. The Morgan fingerprint density at radius 3 is 1.27 bits per heavy atom. The van der Waals surface area contributed by atoms with Crippen molar-refractivity contribution in [2.45, 2.75) is 0 Å². The molecule has 0 saturated carbocycles. The highest BCUT2D eigenvalue weighted by Crippen LogP contribution is 2.39. The van der Waals surface area contributed by atoms with Crippen molar-refractivity contribution < 1.29 is 0 Å². The highest BCUT2D eigenvalue weighted by molar-refractivity contribution is 6.10. The standard InChI is InChI=1S/C54H38N2/c1-5-16-39(17-6-1)45-34-46(40-18-7-2-8-19-40)37-50(36-45)56-53-27-14-13-26-51(53)52-38-44(32-33-54(52)56)42-30-28-41(29-31-42)43-20-15-25-49(35-43)55(47-21-9-3-10-22-47)48-23-11-4-12-24-48/h1-38H. The lowest BCUT2D eigenvalue weighted by Crippen LogP contribution is -2.09. The molecule has 0 radical (unpaired) electrons. The molecule has 1 heterocycles. The Morgan fingerprint density at radius 1 is 0.250 bits per heavy atom. The third-order valence-corrected chi connectivity index (χ3v) is 10.7. The average molecular weight is 715 g/mol. The van der Waals surface area contributed by atoms with E-state index in [0.717, 1.165) is 22.7 Å². The number of hydrogen-bond donors (Lipinski definition) is 0. The predicted octanol–water partition coefficient (Wildman–Crippen LogP) is 14.9. The van der Waals surface area contributed by atoms with Crippen LogP contribution in [0.15, 0.2) is 231 Å². The summed E-state index contributed by atoms with van der Waals surface area (Å²) in [7, 11) is 0. The number of rotatable bonds is 8. The molecular weight excluding hydrogens is 677 g/mol. The van der Waals surface area contributed by atoms with Gasteiger partial charge in [0, 0.05) is 33.5 Å². The Hall–Kier alpha value is -7.42. The van der Waals surface area contributed by atoms with Gasteiger partial charge in [-0.1, -0.05) is 158 Å². The molecule has 56 heavy (non-hydrogen) atoms. The van der Waals surface area contributed by atoms with Crippen molar-refractivity contribution in [2.24, 2.45) is 0 Å². The molecule has 0 aliphatic rings. The van der Waals surface area contributed by atoms with E-state index in [1.165, 1.54) is 66.3 Å². The third-order valence-electron chi connectivity index (χ3n) is 10.7. The van der Waals surface area contributed by atoms with Crippen LogP contribution in [0.4, 0.5) is 17.1 Å². The Balaban J connectivity index is 1.03. The van der Waals surface area contributed by atoms with E-state index < -0.39 is 0 Å². The van der Waals surface area contributed by atoms with Crippen LogP contribution in [-0.2, 0) is 0 Å². The molecule has 2 nitrogen and oxygen atoms in total. The maximum absolute atomic E-state index is 2.43. The van der Waals surface area contributed by atoms with Crippen molar-refractivity contribution in [2.75, 3.05) is 4.90 Å². The van der Waals surface area contributed by atoms with E-state index in [2.05, 4.69) is 240 Å². The van der Waals surface area contributed by atoms with E-state index in [4.69, 9.17) is 0 Å². The summed E-state index contributed by atoms with van der Waals surface area (Å²) in [5.41, 5.74) is 16.5. The van der Waals surface area contributed by atoms with Crippen LogP contribution in [0.3, 0.4) is 0 Å². The molecule has 2 heteroatoms. The molecule has 0 spiro atoms. The summed E-state index contributed by atoms with van der Waals surface area (Å²) in [5, 5.41) is 2.48. The molecule has 10 rings (SSSR count). The van der Waals surface area contributed by atoms with E-state index in [-0.39, 0.29) is 0 Å². The quantitative estimate of drug-likeness (QED) is 0.152. The smallest absolute Gasteiger partial charge is 0.0541 e. The fourth-order valence-electron chi connectivity index (χ4n) is 8.05. The van der Waals surface area contributed by atoms with Gasteiger partial charge in [0.05, 0.1) is 11.0 Å². The second kappa shape index (κ2) is 14.4. The molecule has 0 aliphatic carbocycles. The molecule has 9 aromatic carbocycles. The van der Waals surface area contributed by atoms with Crippen molar-refractivity contribution in [3.63, 3.8) is 0 Å². The monoisotopic (exact) mass is 714 g/mol. The first kappa shape index (κ1) is 33.2. The zero-order valence-corrected chi connectivity index (χ0v) is 30.8. The number of aromatic nitrogens is 1. The van der Waals surface area contributed by atoms with Gasteiger partial charge in [0.2, 0.25) is 0 Å². The van der Waals surface area contributed by atoms with E-state index in [1.807, 2.05) is 0 Å². The third kappa shape index (κ3) is 6.24. The van der Waals surface area contributed by atoms with E-state index >= 15 is 0 Å². The van der Waals surface area contributed by atoms with Crippen molar-refractivity contribution in [3.8, 4) is 50.2 Å². The van der Waals surface area contributed by atoms with Crippen LogP contribution < -0.4 is 4.90 Å². The predicted molar refractivity (Wildman–Crippen MR) is 237 cm³/mol. The van der Waals surface area contributed by atoms with Crippen LogP contribution in [0.1, 0.15) is 0 Å². The summed E-state index contributed by atoms with van der Waals surface area (Å²) in [6.07, 6.45) is 0. The van der Waals surface area contributed by atoms with Gasteiger partial charge < -0.3 is 9.47 Å². The normalized spacial score (nSPS) is 11.2. The minimum atomic E-state index is 1.12. The summed E-state index contributed by atoms with van der Waals surface area (Å²) in [5.74, 6) is 0. The van der Waals surface area contributed by atoms with Crippen LogP contribution in [0.2, 0.25) is 0 Å². The minimum absolute atomic E-state index is 1.12. The number of benzene rings is 9. The summed E-state index contributed by atoms with van der Waals surface area (Å²) in [6.45, 7) is 0. The molecular formula is C54H38N2. The summed E-state index contributed by atoms with van der Waals surface area (Å²) >= 11 is 0. The van der Waals surface area contributed by atoms with Crippen LogP contribution in [0.25, 0.3) is 72.0 Å². The van der Waals surface area contributed by atoms with Gasteiger partial charge >= 0.3 is 0 Å². The van der Waals surface area contributed by atoms with Crippen LogP contribution in [0, 0.1) is 0 Å². The molecule has 0 amide bonds. The highest BCUT2D eigenvalue weighted by atomic mass is 15.1. The second-order valence-electron chi connectivity index (χ2n) is 14.2. The van der Waals surface area contributed by atoms with Crippen molar-refractivity contribution in [3.05, 3.63) is 231 Å². The van der Waals surface area contributed by atoms with Gasteiger partial charge in [-0.25, -0.2) is 0 Å². The number of nitrogens with zero attached hydrogens (tertiary/aromatic N) is 2. The molecule has 264 valence electrons. The molecule has 0 saturated heterocycles. The molecule has 1 aromatic heterocycles.